The summed E-state index contributed by atoms with van der Waals surface area (Å²) in [7, 11) is 3.71. The van der Waals surface area contributed by atoms with Gasteiger partial charge in [0.25, 0.3) is 5.91 Å². The topological polar surface area (TPSA) is 36.4 Å². The fraction of sp³-hybridized carbons (Fsp3) is 0.294. The van der Waals surface area contributed by atoms with Gasteiger partial charge >= 0.3 is 0 Å². The van der Waals surface area contributed by atoms with Crippen molar-refractivity contribution in [2.24, 2.45) is 0 Å². The van der Waals surface area contributed by atoms with Crippen LogP contribution in [0.5, 0.6) is 0 Å². The Kier molecular flexibility index (Phi) is 6.70. The first-order valence-electron chi connectivity index (χ1n) is 7.48. The number of nitrogens with zero attached hydrogens (tertiary/aromatic N) is 3. The number of hydrogen-bond acceptors (Lipinski definition) is 3. The summed E-state index contributed by atoms with van der Waals surface area (Å²) in [4.78, 5) is 20.1. The summed E-state index contributed by atoms with van der Waals surface area (Å²) in [5.41, 5.74) is 0.196. The number of benzene rings is 1. The van der Waals surface area contributed by atoms with Crippen molar-refractivity contribution in [2.45, 2.75) is 6.54 Å². The van der Waals surface area contributed by atoms with Crippen LogP contribution in [-0.2, 0) is 6.54 Å². The van der Waals surface area contributed by atoms with Crippen LogP contribution in [0.25, 0.3) is 0 Å². The summed E-state index contributed by atoms with van der Waals surface area (Å²) in [5.74, 6) is -1.86. The van der Waals surface area contributed by atoms with E-state index in [9.17, 15) is 13.6 Å². The highest BCUT2D eigenvalue weighted by molar-refractivity contribution is 6.34. The number of aromatic nitrogens is 1. The first kappa shape index (κ1) is 19.6. The Bertz CT molecular complexity index is 772. The summed E-state index contributed by atoms with van der Waals surface area (Å²) < 4.78 is 27.1. The van der Waals surface area contributed by atoms with Crippen molar-refractivity contribution in [1.29, 1.82) is 0 Å². The van der Waals surface area contributed by atoms with Crippen LogP contribution in [0.1, 0.15) is 16.1 Å². The van der Waals surface area contributed by atoms with Crippen LogP contribution in [0.4, 0.5) is 8.78 Å². The van der Waals surface area contributed by atoms with Gasteiger partial charge in [0.15, 0.2) is 0 Å². The Labute approximate surface area is 155 Å². The summed E-state index contributed by atoms with van der Waals surface area (Å²) in [6.45, 7) is 0.823. The summed E-state index contributed by atoms with van der Waals surface area (Å²) in [6, 6.07) is 6.21. The highest BCUT2D eigenvalue weighted by Gasteiger charge is 2.22. The molecule has 8 heteroatoms. The highest BCUT2D eigenvalue weighted by Crippen LogP contribution is 2.20. The van der Waals surface area contributed by atoms with E-state index < -0.39 is 17.5 Å². The molecule has 2 rings (SSSR count). The fourth-order valence-electron chi connectivity index (χ4n) is 2.15. The van der Waals surface area contributed by atoms with Crippen LogP contribution in [0.15, 0.2) is 30.3 Å². The highest BCUT2D eigenvalue weighted by atomic mass is 35.5. The molecule has 0 radical (unpaired) electrons. The second-order valence-corrected chi connectivity index (χ2v) is 6.52. The zero-order valence-corrected chi connectivity index (χ0v) is 15.3. The lowest BCUT2D eigenvalue weighted by Crippen LogP contribution is -2.37. The molecule has 0 atom stereocenters. The number of carbonyl (C=O) groups is 1. The summed E-state index contributed by atoms with van der Waals surface area (Å²) in [6.07, 6.45) is 0. The average Bonchev–Trinajstić information content (AvgIpc) is 2.54. The Morgan fingerprint density at radius 3 is 2.48 bits per heavy atom. The molecule has 0 fully saturated rings. The molecule has 0 bridgehead atoms. The van der Waals surface area contributed by atoms with E-state index in [1.807, 2.05) is 19.0 Å². The molecular weight excluding hydrogens is 371 g/mol. The molecule has 1 heterocycles. The van der Waals surface area contributed by atoms with Gasteiger partial charge in [-0.25, -0.2) is 13.8 Å². The van der Waals surface area contributed by atoms with Gasteiger partial charge in [-0.3, -0.25) is 4.79 Å². The number of halogens is 4. The van der Waals surface area contributed by atoms with Gasteiger partial charge in [0.2, 0.25) is 0 Å². The first-order valence-corrected chi connectivity index (χ1v) is 8.23. The third-order valence-electron chi connectivity index (χ3n) is 3.50. The standard InChI is InChI=1S/C17H17Cl2F2N3O/c1-23(2)7-8-24(10-11-3-4-12(20)9-14(11)21)17(25)16-13(18)5-6-15(19)22-16/h3-6,9H,7-8,10H2,1-2H3. The van der Waals surface area contributed by atoms with Crippen LogP contribution >= 0.6 is 23.2 Å². The molecule has 0 N–H and O–H groups in total. The van der Waals surface area contributed by atoms with Crippen LogP contribution in [-0.4, -0.2) is 47.9 Å². The third kappa shape index (κ3) is 5.36. The van der Waals surface area contributed by atoms with E-state index >= 15 is 0 Å². The smallest absolute Gasteiger partial charge is 0.274 e. The lowest BCUT2D eigenvalue weighted by atomic mass is 10.2. The Hall–Kier alpha value is -1.76. The molecule has 0 saturated heterocycles. The molecular formula is C17H17Cl2F2N3O. The molecule has 0 spiro atoms. The van der Waals surface area contributed by atoms with Crippen molar-refractivity contribution in [1.82, 2.24) is 14.8 Å². The van der Waals surface area contributed by atoms with Crippen molar-refractivity contribution in [3.63, 3.8) is 0 Å². The van der Waals surface area contributed by atoms with E-state index in [1.165, 1.54) is 23.1 Å². The second kappa shape index (κ2) is 8.56. The Morgan fingerprint density at radius 1 is 1.12 bits per heavy atom. The molecule has 4 nitrogen and oxygen atoms in total. The van der Waals surface area contributed by atoms with Gasteiger partial charge in [0, 0.05) is 31.3 Å². The number of rotatable bonds is 6. The molecule has 0 aliphatic heterocycles. The number of amides is 1. The minimum absolute atomic E-state index is 0.00422. The van der Waals surface area contributed by atoms with E-state index in [4.69, 9.17) is 23.2 Å². The number of carbonyl (C=O) groups excluding carboxylic acids is 1. The predicted molar refractivity (Wildman–Crippen MR) is 93.9 cm³/mol. The quantitative estimate of drug-likeness (QED) is 0.705. The maximum Gasteiger partial charge on any atom is 0.274 e. The van der Waals surface area contributed by atoms with E-state index in [1.54, 1.807) is 0 Å². The van der Waals surface area contributed by atoms with Crippen LogP contribution in [0.2, 0.25) is 10.2 Å². The maximum atomic E-state index is 14.0. The number of pyridine rings is 1. The minimum Gasteiger partial charge on any atom is -0.332 e. The minimum atomic E-state index is -0.715. The second-order valence-electron chi connectivity index (χ2n) is 5.73. The maximum absolute atomic E-state index is 14.0. The molecule has 0 saturated carbocycles. The molecule has 1 amide bonds. The van der Waals surface area contributed by atoms with Gasteiger partial charge in [-0.1, -0.05) is 29.3 Å². The zero-order chi connectivity index (χ0) is 18.6. The van der Waals surface area contributed by atoms with Crippen molar-refractivity contribution < 1.29 is 13.6 Å². The van der Waals surface area contributed by atoms with Gasteiger partial charge in [0.05, 0.1) is 5.02 Å². The van der Waals surface area contributed by atoms with E-state index in [-0.39, 0.29) is 28.0 Å². The zero-order valence-electron chi connectivity index (χ0n) is 13.8. The number of hydrogen-bond donors (Lipinski definition) is 0. The first-order chi connectivity index (χ1) is 11.8. The van der Waals surface area contributed by atoms with Crippen LogP contribution < -0.4 is 0 Å². The van der Waals surface area contributed by atoms with E-state index in [2.05, 4.69) is 4.98 Å². The van der Waals surface area contributed by atoms with Gasteiger partial charge in [-0.05, 0) is 32.3 Å². The lowest BCUT2D eigenvalue weighted by Gasteiger charge is -2.25. The van der Waals surface area contributed by atoms with Gasteiger partial charge in [-0.15, -0.1) is 0 Å². The van der Waals surface area contributed by atoms with Crippen molar-refractivity contribution in [3.8, 4) is 0 Å². The Balaban J connectivity index is 2.31. The van der Waals surface area contributed by atoms with Crippen molar-refractivity contribution in [3.05, 3.63) is 63.4 Å². The molecule has 1 aromatic heterocycles. The summed E-state index contributed by atoms with van der Waals surface area (Å²) >= 11 is 11.9. The third-order valence-corrected chi connectivity index (χ3v) is 4.01. The molecule has 0 aliphatic rings. The largest absolute Gasteiger partial charge is 0.332 e. The van der Waals surface area contributed by atoms with Crippen LogP contribution in [0.3, 0.4) is 0 Å². The van der Waals surface area contributed by atoms with Crippen molar-refractivity contribution in [2.75, 3.05) is 27.2 Å². The summed E-state index contributed by atoms with van der Waals surface area (Å²) in [5, 5.41) is 0.289. The molecule has 134 valence electrons. The number of likely N-dealkylation sites (N-methyl/N-ethyl adjacent to an activating group) is 1. The molecule has 25 heavy (non-hydrogen) atoms. The van der Waals surface area contributed by atoms with Gasteiger partial charge < -0.3 is 9.80 Å². The Morgan fingerprint density at radius 2 is 1.84 bits per heavy atom. The molecule has 0 aliphatic carbocycles. The molecule has 0 unspecified atom stereocenters. The lowest BCUT2D eigenvalue weighted by molar-refractivity contribution is 0.0724. The van der Waals surface area contributed by atoms with Gasteiger partial charge in [-0.2, -0.15) is 0 Å². The SMILES string of the molecule is CN(C)CCN(Cc1ccc(F)cc1F)C(=O)c1nc(Cl)ccc1Cl. The average molecular weight is 388 g/mol. The van der Waals surface area contributed by atoms with Crippen molar-refractivity contribution >= 4 is 29.1 Å². The van der Waals surface area contributed by atoms with Crippen LogP contribution in [0, 0.1) is 11.6 Å². The predicted octanol–water partition coefficient (Wildman–Crippen LogP) is 3.87. The van der Waals surface area contributed by atoms with E-state index in [0.29, 0.717) is 13.1 Å². The van der Waals surface area contributed by atoms with Gasteiger partial charge in [0.1, 0.15) is 22.5 Å². The fourth-order valence-corrected chi connectivity index (χ4v) is 2.48. The van der Waals surface area contributed by atoms with E-state index in [0.717, 1.165) is 12.1 Å². The molecule has 1 aromatic carbocycles. The monoisotopic (exact) mass is 387 g/mol. The normalized spacial score (nSPS) is 11.0. The molecule has 2 aromatic rings.